The van der Waals surface area contributed by atoms with Gasteiger partial charge in [0.25, 0.3) is 6.43 Å². The molecule has 0 atom stereocenters. The summed E-state index contributed by atoms with van der Waals surface area (Å²) in [7, 11) is 0. The summed E-state index contributed by atoms with van der Waals surface area (Å²) in [5, 5.41) is 0.875. The molecule has 2 aromatic carbocycles. The maximum absolute atomic E-state index is 13.3. The molecule has 0 aliphatic rings. The van der Waals surface area contributed by atoms with E-state index >= 15 is 0 Å². The minimum absolute atomic E-state index is 0.277. The maximum Gasteiger partial charge on any atom is 0.263 e. The third-order valence-electron chi connectivity index (χ3n) is 2.09. The van der Waals surface area contributed by atoms with Gasteiger partial charge in [-0.1, -0.05) is 24.3 Å². The van der Waals surface area contributed by atoms with Crippen molar-refractivity contribution in [3.63, 3.8) is 0 Å². The number of hydrogen-bond acceptors (Lipinski definition) is 0. The quantitative estimate of drug-likeness (QED) is 0.648. The summed E-state index contributed by atoms with van der Waals surface area (Å²) in [6.07, 6.45) is -2.63. The van der Waals surface area contributed by atoms with Crippen molar-refractivity contribution in [3.05, 3.63) is 47.8 Å². The third kappa shape index (κ3) is 1.45. The highest BCUT2D eigenvalue weighted by Gasteiger charge is 2.10. The van der Waals surface area contributed by atoms with E-state index in [4.69, 9.17) is 0 Å². The highest BCUT2D eigenvalue weighted by Crippen LogP contribution is 2.25. The average molecular weight is 196 g/mol. The van der Waals surface area contributed by atoms with Crippen LogP contribution in [0.4, 0.5) is 13.2 Å². The van der Waals surface area contributed by atoms with Crippen molar-refractivity contribution >= 4 is 10.8 Å². The Morgan fingerprint density at radius 3 is 2.43 bits per heavy atom. The Morgan fingerprint density at radius 1 is 1.00 bits per heavy atom. The second-order valence-electron chi connectivity index (χ2n) is 3.02. The largest absolute Gasteiger partial charge is 0.263 e. The zero-order valence-electron chi connectivity index (χ0n) is 7.18. The van der Waals surface area contributed by atoms with Crippen molar-refractivity contribution in [1.29, 1.82) is 0 Å². The fraction of sp³-hybridized carbons (Fsp3) is 0.0909. The zero-order valence-corrected chi connectivity index (χ0v) is 7.18. The Kier molecular flexibility index (Phi) is 2.15. The molecule has 2 rings (SSSR count). The van der Waals surface area contributed by atoms with E-state index in [-0.39, 0.29) is 5.56 Å². The first-order valence-electron chi connectivity index (χ1n) is 4.15. The Balaban J connectivity index is 2.72. The fourth-order valence-corrected chi connectivity index (χ4v) is 1.41. The van der Waals surface area contributed by atoms with Crippen LogP contribution < -0.4 is 0 Å². The SMILES string of the molecule is Fc1cc(C(F)F)cc2ccccc12. The number of fused-ring (bicyclic) bond motifs is 1. The molecule has 0 radical (unpaired) electrons. The lowest BCUT2D eigenvalue weighted by Gasteiger charge is -2.03. The van der Waals surface area contributed by atoms with E-state index in [2.05, 4.69) is 0 Å². The van der Waals surface area contributed by atoms with Gasteiger partial charge < -0.3 is 0 Å². The summed E-state index contributed by atoms with van der Waals surface area (Å²) in [4.78, 5) is 0. The summed E-state index contributed by atoms with van der Waals surface area (Å²) < 4.78 is 37.9. The second kappa shape index (κ2) is 3.33. The van der Waals surface area contributed by atoms with Crippen molar-refractivity contribution in [2.24, 2.45) is 0 Å². The van der Waals surface area contributed by atoms with Gasteiger partial charge in [0, 0.05) is 10.9 Å². The Bertz CT molecular complexity index is 463. The second-order valence-corrected chi connectivity index (χ2v) is 3.02. The first kappa shape index (κ1) is 9.06. The molecule has 0 bridgehead atoms. The van der Waals surface area contributed by atoms with Gasteiger partial charge in [-0.05, 0) is 17.5 Å². The lowest BCUT2D eigenvalue weighted by Crippen LogP contribution is -1.87. The van der Waals surface area contributed by atoms with Crippen LogP contribution in [0.25, 0.3) is 10.8 Å². The van der Waals surface area contributed by atoms with Crippen molar-refractivity contribution in [2.75, 3.05) is 0 Å². The average Bonchev–Trinajstić information content (AvgIpc) is 2.17. The van der Waals surface area contributed by atoms with Crippen molar-refractivity contribution in [2.45, 2.75) is 6.43 Å². The molecule has 0 fully saturated rings. The molecule has 0 N–H and O–H groups in total. The smallest absolute Gasteiger partial charge is 0.206 e. The fourth-order valence-electron chi connectivity index (χ4n) is 1.41. The van der Waals surface area contributed by atoms with Crippen molar-refractivity contribution in [3.8, 4) is 0 Å². The lowest BCUT2D eigenvalue weighted by atomic mass is 10.1. The minimum atomic E-state index is -2.63. The van der Waals surface area contributed by atoms with Gasteiger partial charge in [0.05, 0.1) is 0 Å². The van der Waals surface area contributed by atoms with Gasteiger partial charge in [-0.3, -0.25) is 0 Å². The van der Waals surface area contributed by atoms with Crippen LogP contribution in [-0.2, 0) is 0 Å². The molecule has 0 unspecified atom stereocenters. The van der Waals surface area contributed by atoms with Gasteiger partial charge in [0.1, 0.15) is 5.82 Å². The molecule has 0 aliphatic carbocycles. The summed E-state index contributed by atoms with van der Waals surface area (Å²) in [5.41, 5.74) is -0.277. The number of benzene rings is 2. The van der Waals surface area contributed by atoms with Crippen LogP contribution in [0.15, 0.2) is 36.4 Å². The summed E-state index contributed by atoms with van der Waals surface area (Å²) in [5.74, 6) is -0.599. The topological polar surface area (TPSA) is 0 Å². The normalized spacial score (nSPS) is 11.1. The molecule has 0 heterocycles. The van der Waals surface area contributed by atoms with E-state index < -0.39 is 12.2 Å². The molecule has 0 amide bonds. The van der Waals surface area contributed by atoms with Crippen LogP contribution in [0.5, 0.6) is 0 Å². The van der Waals surface area contributed by atoms with E-state index in [1.165, 1.54) is 6.07 Å². The molecule has 0 aromatic heterocycles. The third-order valence-corrected chi connectivity index (χ3v) is 2.09. The van der Waals surface area contributed by atoms with E-state index in [0.29, 0.717) is 10.8 Å². The van der Waals surface area contributed by atoms with E-state index in [0.717, 1.165) is 6.07 Å². The van der Waals surface area contributed by atoms with Gasteiger partial charge in [-0.15, -0.1) is 0 Å². The van der Waals surface area contributed by atoms with Gasteiger partial charge in [-0.25, -0.2) is 13.2 Å². The molecule has 0 saturated carbocycles. The summed E-state index contributed by atoms with van der Waals surface area (Å²) >= 11 is 0. The molecule has 2 aromatic rings. The molecule has 72 valence electrons. The van der Waals surface area contributed by atoms with Crippen LogP contribution in [0.1, 0.15) is 12.0 Å². The predicted molar refractivity (Wildman–Crippen MR) is 48.9 cm³/mol. The highest BCUT2D eigenvalue weighted by atomic mass is 19.3. The minimum Gasteiger partial charge on any atom is -0.206 e. The summed E-state index contributed by atoms with van der Waals surface area (Å²) in [6, 6.07) is 8.74. The van der Waals surface area contributed by atoms with Crippen molar-refractivity contribution < 1.29 is 13.2 Å². The Labute approximate surface area is 79.0 Å². The van der Waals surface area contributed by atoms with Gasteiger partial charge in [0.2, 0.25) is 0 Å². The molecular formula is C11H7F3. The molecular weight excluding hydrogens is 189 g/mol. The monoisotopic (exact) mass is 196 g/mol. The predicted octanol–water partition coefficient (Wildman–Crippen LogP) is 3.92. The number of hydrogen-bond donors (Lipinski definition) is 0. The molecule has 14 heavy (non-hydrogen) atoms. The molecule has 3 heteroatoms. The standard InChI is InChI=1S/C11H7F3/c12-10-6-8(11(13)14)5-7-3-1-2-4-9(7)10/h1-6,11H. The van der Waals surface area contributed by atoms with Gasteiger partial charge in [-0.2, -0.15) is 0 Å². The van der Waals surface area contributed by atoms with Gasteiger partial charge >= 0.3 is 0 Å². The van der Waals surface area contributed by atoms with Crippen LogP contribution in [0.3, 0.4) is 0 Å². The first-order valence-corrected chi connectivity index (χ1v) is 4.15. The summed E-state index contributed by atoms with van der Waals surface area (Å²) in [6.45, 7) is 0. The van der Waals surface area contributed by atoms with Crippen LogP contribution in [0, 0.1) is 5.82 Å². The van der Waals surface area contributed by atoms with E-state index in [1.54, 1.807) is 24.3 Å². The molecule has 0 saturated heterocycles. The maximum atomic E-state index is 13.3. The number of alkyl halides is 2. The lowest BCUT2D eigenvalue weighted by molar-refractivity contribution is 0.151. The number of halogens is 3. The highest BCUT2D eigenvalue weighted by molar-refractivity contribution is 5.83. The van der Waals surface area contributed by atoms with Crippen LogP contribution in [-0.4, -0.2) is 0 Å². The van der Waals surface area contributed by atoms with Crippen LogP contribution in [0.2, 0.25) is 0 Å². The van der Waals surface area contributed by atoms with Crippen molar-refractivity contribution in [1.82, 2.24) is 0 Å². The van der Waals surface area contributed by atoms with E-state index in [9.17, 15) is 13.2 Å². The first-order chi connectivity index (χ1) is 6.68. The molecule has 0 aliphatic heterocycles. The van der Waals surface area contributed by atoms with Gasteiger partial charge in [0.15, 0.2) is 0 Å². The Hall–Kier alpha value is -1.51. The Morgan fingerprint density at radius 2 is 1.71 bits per heavy atom. The van der Waals surface area contributed by atoms with E-state index in [1.807, 2.05) is 0 Å². The van der Waals surface area contributed by atoms with Crippen LogP contribution >= 0.6 is 0 Å². The number of rotatable bonds is 1. The molecule has 0 spiro atoms. The molecule has 0 nitrogen and oxygen atoms in total. The zero-order chi connectivity index (χ0) is 10.1.